The average molecular weight is 202 g/mol. The fourth-order valence-electron chi connectivity index (χ4n) is 1.98. The van der Waals surface area contributed by atoms with Crippen molar-refractivity contribution in [1.29, 1.82) is 0 Å². The van der Waals surface area contributed by atoms with Gasteiger partial charge in [0.05, 0.1) is 0 Å². The highest BCUT2D eigenvalue weighted by atomic mass is 16.1. The van der Waals surface area contributed by atoms with E-state index in [1.807, 2.05) is 12.1 Å². The smallest absolute Gasteiger partial charge is 0.165 e. The van der Waals surface area contributed by atoms with Crippen LogP contribution in [0.5, 0.6) is 0 Å². The van der Waals surface area contributed by atoms with Crippen LogP contribution >= 0.6 is 0 Å². The summed E-state index contributed by atoms with van der Waals surface area (Å²) >= 11 is 0. The van der Waals surface area contributed by atoms with Crippen molar-refractivity contribution in [2.24, 2.45) is 11.8 Å². The normalized spacial score (nSPS) is 17.5. The summed E-state index contributed by atoms with van der Waals surface area (Å²) in [6.07, 6.45) is 3.51. The molecule has 1 heteroatoms. The van der Waals surface area contributed by atoms with E-state index in [1.54, 1.807) is 0 Å². The van der Waals surface area contributed by atoms with E-state index in [-0.39, 0.29) is 5.92 Å². The lowest BCUT2D eigenvalue weighted by Crippen LogP contribution is -2.13. The molecule has 0 N–H and O–H groups in total. The van der Waals surface area contributed by atoms with E-state index in [1.165, 1.54) is 18.4 Å². The van der Waals surface area contributed by atoms with Gasteiger partial charge in [-0.3, -0.25) is 4.79 Å². The predicted molar refractivity (Wildman–Crippen MR) is 62.0 cm³/mol. The third-order valence-electron chi connectivity index (χ3n) is 3.39. The van der Waals surface area contributed by atoms with Crippen LogP contribution in [-0.4, -0.2) is 5.78 Å². The fraction of sp³-hybridized carbons (Fsp3) is 0.500. The Hall–Kier alpha value is -1.11. The van der Waals surface area contributed by atoms with Crippen molar-refractivity contribution in [1.82, 2.24) is 0 Å². The zero-order chi connectivity index (χ0) is 10.8. The summed E-state index contributed by atoms with van der Waals surface area (Å²) in [7, 11) is 0. The third kappa shape index (κ3) is 2.28. The second-order valence-corrected chi connectivity index (χ2v) is 4.54. The van der Waals surface area contributed by atoms with Gasteiger partial charge >= 0.3 is 0 Å². The van der Waals surface area contributed by atoms with Gasteiger partial charge in [0.1, 0.15) is 0 Å². The molecule has 0 spiro atoms. The summed E-state index contributed by atoms with van der Waals surface area (Å²) in [5, 5.41) is 0. The Morgan fingerprint density at radius 1 is 1.33 bits per heavy atom. The first kappa shape index (κ1) is 10.4. The highest BCUT2D eigenvalue weighted by molar-refractivity contribution is 5.98. The summed E-state index contributed by atoms with van der Waals surface area (Å²) < 4.78 is 0. The van der Waals surface area contributed by atoms with Gasteiger partial charge in [0.2, 0.25) is 0 Å². The predicted octanol–water partition coefficient (Wildman–Crippen LogP) is 3.48. The minimum Gasteiger partial charge on any atom is -0.294 e. The molecule has 1 fully saturated rings. The molecule has 1 aliphatic rings. The molecule has 0 aliphatic heterocycles. The van der Waals surface area contributed by atoms with Crippen molar-refractivity contribution in [3.05, 3.63) is 35.4 Å². The lowest BCUT2D eigenvalue weighted by molar-refractivity contribution is 0.0916. The van der Waals surface area contributed by atoms with Gasteiger partial charge in [0, 0.05) is 11.5 Å². The van der Waals surface area contributed by atoms with Crippen LogP contribution in [0.15, 0.2) is 24.3 Å². The molecule has 0 aromatic heterocycles. The van der Waals surface area contributed by atoms with Gasteiger partial charge in [0.15, 0.2) is 5.78 Å². The maximum Gasteiger partial charge on any atom is 0.165 e. The summed E-state index contributed by atoms with van der Waals surface area (Å²) in [5.41, 5.74) is 2.18. The van der Waals surface area contributed by atoms with Gasteiger partial charge in [-0.25, -0.2) is 0 Å². The summed E-state index contributed by atoms with van der Waals surface area (Å²) in [4.78, 5) is 12.0. The summed E-state index contributed by atoms with van der Waals surface area (Å²) in [6.45, 7) is 4.19. The SMILES string of the molecule is CCc1ccc(C(=O)C(C)C2CC2)cc1. The van der Waals surface area contributed by atoms with Gasteiger partial charge in [0.25, 0.3) is 0 Å². The molecular formula is C14H18O. The Labute approximate surface area is 91.5 Å². The monoisotopic (exact) mass is 202 g/mol. The number of ketones is 1. The number of benzene rings is 1. The number of rotatable bonds is 4. The standard InChI is InChI=1S/C14H18O/c1-3-11-4-6-13(7-5-11)14(15)10(2)12-8-9-12/h4-7,10,12H,3,8-9H2,1-2H3. The number of aryl methyl sites for hydroxylation is 1. The number of Topliss-reactive ketones (excluding diaryl/α,β-unsaturated/α-hetero) is 1. The zero-order valence-corrected chi connectivity index (χ0v) is 9.49. The Morgan fingerprint density at radius 2 is 1.93 bits per heavy atom. The molecule has 80 valence electrons. The van der Waals surface area contributed by atoms with E-state index in [9.17, 15) is 4.79 Å². The minimum absolute atomic E-state index is 0.220. The molecule has 0 heterocycles. The Kier molecular flexibility index (Phi) is 2.90. The molecule has 1 unspecified atom stereocenters. The van der Waals surface area contributed by atoms with Crippen LogP contribution in [0.25, 0.3) is 0 Å². The zero-order valence-electron chi connectivity index (χ0n) is 9.49. The molecule has 0 radical (unpaired) electrons. The number of hydrogen-bond donors (Lipinski definition) is 0. The molecule has 0 amide bonds. The highest BCUT2D eigenvalue weighted by Crippen LogP contribution is 2.38. The fourth-order valence-corrected chi connectivity index (χ4v) is 1.98. The number of carbonyl (C=O) groups is 1. The van der Waals surface area contributed by atoms with Gasteiger partial charge in [-0.05, 0) is 30.7 Å². The van der Waals surface area contributed by atoms with Crippen molar-refractivity contribution >= 4 is 5.78 Å². The molecule has 0 saturated heterocycles. The van der Waals surface area contributed by atoms with Crippen molar-refractivity contribution in [3.63, 3.8) is 0 Å². The Morgan fingerprint density at radius 3 is 2.40 bits per heavy atom. The molecule has 1 nitrogen and oxygen atoms in total. The third-order valence-corrected chi connectivity index (χ3v) is 3.39. The van der Waals surface area contributed by atoms with Crippen LogP contribution in [0.1, 0.15) is 42.6 Å². The summed E-state index contributed by atoms with van der Waals surface area (Å²) in [5.74, 6) is 1.20. The lowest BCUT2D eigenvalue weighted by Gasteiger charge is -2.08. The van der Waals surface area contributed by atoms with Gasteiger partial charge < -0.3 is 0 Å². The van der Waals surface area contributed by atoms with Crippen LogP contribution in [0, 0.1) is 11.8 Å². The molecule has 1 atom stereocenters. The van der Waals surface area contributed by atoms with E-state index in [0.717, 1.165) is 12.0 Å². The molecular weight excluding hydrogens is 184 g/mol. The van der Waals surface area contributed by atoms with Crippen molar-refractivity contribution in [2.45, 2.75) is 33.1 Å². The van der Waals surface area contributed by atoms with E-state index >= 15 is 0 Å². The highest BCUT2D eigenvalue weighted by Gasteiger charge is 2.32. The molecule has 0 bridgehead atoms. The molecule has 2 rings (SSSR count). The maximum atomic E-state index is 12.0. The minimum atomic E-state index is 0.220. The first-order valence-electron chi connectivity index (χ1n) is 5.85. The topological polar surface area (TPSA) is 17.1 Å². The van der Waals surface area contributed by atoms with E-state index in [4.69, 9.17) is 0 Å². The summed E-state index contributed by atoms with van der Waals surface area (Å²) in [6, 6.07) is 8.07. The average Bonchev–Trinajstić information content (AvgIpc) is 3.11. The lowest BCUT2D eigenvalue weighted by atomic mass is 9.94. The van der Waals surface area contributed by atoms with Crippen molar-refractivity contribution < 1.29 is 4.79 Å². The quantitative estimate of drug-likeness (QED) is 0.683. The van der Waals surface area contributed by atoms with Crippen LogP contribution in [0.2, 0.25) is 0 Å². The molecule has 1 saturated carbocycles. The Bertz CT molecular complexity index is 346. The molecule has 1 aliphatic carbocycles. The molecule has 15 heavy (non-hydrogen) atoms. The maximum absolute atomic E-state index is 12.0. The van der Waals surface area contributed by atoms with E-state index < -0.39 is 0 Å². The first-order chi connectivity index (χ1) is 7.22. The van der Waals surface area contributed by atoms with Crippen LogP contribution in [0.3, 0.4) is 0 Å². The Balaban J connectivity index is 2.10. The molecule has 1 aromatic carbocycles. The van der Waals surface area contributed by atoms with E-state index in [0.29, 0.717) is 11.7 Å². The van der Waals surface area contributed by atoms with Crippen molar-refractivity contribution in [2.75, 3.05) is 0 Å². The van der Waals surface area contributed by atoms with Crippen LogP contribution in [-0.2, 0) is 6.42 Å². The van der Waals surface area contributed by atoms with Gasteiger partial charge in [-0.15, -0.1) is 0 Å². The first-order valence-corrected chi connectivity index (χ1v) is 5.85. The van der Waals surface area contributed by atoms with E-state index in [2.05, 4.69) is 26.0 Å². The van der Waals surface area contributed by atoms with Gasteiger partial charge in [-0.1, -0.05) is 38.1 Å². The second kappa shape index (κ2) is 4.18. The second-order valence-electron chi connectivity index (χ2n) is 4.54. The number of hydrogen-bond acceptors (Lipinski definition) is 1. The molecule has 1 aromatic rings. The van der Waals surface area contributed by atoms with Crippen LogP contribution in [0.4, 0.5) is 0 Å². The van der Waals surface area contributed by atoms with Gasteiger partial charge in [-0.2, -0.15) is 0 Å². The largest absolute Gasteiger partial charge is 0.294 e. The van der Waals surface area contributed by atoms with Crippen LogP contribution < -0.4 is 0 Å². The number of carbonyl (C=O) groups excluding carboxylic acids is 1. The van der Waals surface area contributed by atoms with Crippen molar-refractivity contribution in [3.8, 4) is 0 Å².